The van der Waals surface area contributed by atoms with Gasteiger partial charge in [-0.3, -0.25) is 0 Å². The fourth-order valence-electron chi connectivity index (χ4n) is 0.204. The third-order valence-electron chi connectivity index (χ3n) is 0.575. The highest BCUT2D eigenvalue weighted by molar-refractivity contribution is 5.48. The van der Waals surface area contributed by atoms with Crippen LogP contribution < -0.4 is 0 Å². The van der Waals surface area contributed by atoms with E-state index in [2.05, 4.69) is 0 Å². The Morgan fingerprint density at radius 2 is 1.56 bits per heavy atom. The largest absolute Gasteiger partial charge is 0.382 e. The van der Waals surface area contributed by atoms with Gasteiger partial charge >= 0.3 is 0 Å². The van der Waals surface area contributed by atoms with E-state index in [1.807, 2.05) is 20.8 Å². The molecule has 2 heteroatoms. The van der Waals surface area contributed by atoms with Gasteiger partial charge in [0.05, 0.1) is 0 Å². The van der Waals surface area contributed by atoms with Crippen molar-refractivity contribution in [2.45, 2.75) is 27.2 Å². The van der Waals surface area contributed by atoms with Crippen molar-refractivity contribution in [3.05, 3.63) is 0 Å². The Hall–Kier alpha value is -0.370. The van der Waals surface area contributed by atoms with Crippen molar-refractivity contribution in [3.8, 4) is 0 Å². The van der Waals surface area contributed by atoms with E-state index < -0.39 is 0 Å². The number of hydrogen-bond acceptors (Lipinski definition) is 2. The number of carbonyl (C=O) groups is 1. The summed E-state index contributed by atoms with van der Waals surface area (Å²) in [4.78, 5) is 9.17. The van der Waals surface area contributed by atoms with E-state index >= 15 is 0 Å². The van der Waals surface area contributed by atoms with Gasteiger partial charge in [-0.05, 0) is 13.8 Å². The Morgan fingerprint density at radius 3 is 1.56 bits per heavy atom. The molecule has 0 N–H and O–H groups in total. The normalized spacial score (nSPS) is 7.44. The van der Waals surface area contributed by atoms with Crippen LogP contribution in [0.15, 0.2) is 0 Å². The molecule has 0 aliphatic carbocycles. The van der Waals surface area contributed by atoms with Gasteiger partial charge < -0.3 is 9.53 Å². The number of hydrogen-bond donors (Lipinski definition) is 0. The Kier molecular flexibility index (Phi) is 19.9. The molecule has 56 valence electrons. The lowest BCUT2D eigenvalue weighted by Crippen LogP contribution is -1.84. The lowest BCUT2D eigenvalue weighted by atomic mass is 10.6. The van der Waals surface area contributed by atoms with Gasteiger partial charge in [0.1, 0.15) is 6.29 Å². The van der Waals surface area contributed by atoms with E-state index in [-0.39, 0.29) is 0 Å². The van der Waals surface area contributed by atoms with Gasteiger partial charge in [0.15, 0.2) is 0 Å². The molecule has 0 aromatic heterocycles. The van der Waals surface area contributed by atoms with Crippen molar-refractivity contribution in [1.29, 1.82) is 0 Å². The second-order valence-corrected chi connectivity index (χ2v) is 1.36. The predicted octanol–water partition coefficient (Wildman–Crippen LogP) is 1.64. The van der Waals surface area contributed by atoms with E-state index in [1.165, 1.54) is 0 Å². The summed E-state index contributed by atoms with van der Waals surface area (Å²) < 4.78 is 4.83. The quantitative estimate of drug-likeness (QED) is 0.546. The number of carbonyl (C=O) groups excluding carboxylic acids is 1. The van der Waals surface area contributed by atoms with Crippen LogP contribution in [0.2, 0.25) is 0 Å². The third kappa shape index (κ3) is 35.0. The minimum Gasteiger partial charge on any atom is -0.382 e. The van der Waals surface area contributed by atoms with Crippen molar-refractivity contribution in [3.63, 3.8) is 0 Å². The SMILES string of the molecule is CCC=O.CCOCC. The van der Waals surface area contributed by atoms with Gasteiger partial charge in [0.25, 0.3) is 0 Å². The van der Waals surface area contributed by atoms with Gasteiger partial charge in [-0.15, -0.1) is 0 Å². The van der Waals surface area contributed by atoms with Crippen LogP contribution in [-0.4, -0.2) is 19.5 Å². The summed E-state index contributed by atoms with van der Waals surface area (Å²) in [5, 5.41) is 0. The number of ether oxygens (including phenoxy) is 1. The van der Waals surface area contributed by atoms with Crippen LogP contribution in [0.3, 0.4) is 0 Å². The molecule has 0 radical (unpaired) electrons. The molecule has 0 saturated heterocycles. The van der Waals surface area contributed by atoms with Crippen molar-refractivity contribution in [1.82, 2.24) is 0 Å². The molecule has 0 fully saturated rings. The summed E-state index contributed by atoms with van der Waals surface area (Å²) in [5.74, 6) is 0. The van der Waals surface area contributed by atoms with Crippen LogP contribution >= 0.6 is 0 Å². The average Bonchev–Trinajstić information content (AvgIpc) is 1.91. The molecule has 0 spiro atoms. The van der Waals surface area contributed by atoms with E-state index in [9.17, 15) is 4.79 Å². The first-order chi connectivity index (χ1) is 4.33. The van der Waals surface area contributed by atoms with E-state index in [4.69, 9.17) is 4.74 Å². The van der Waals surface area contributed by atoms with Crippen LogP contribution in [0, 0.1) is 0 Å². The van der Waals surface area contributed by atoms with Crippen LogP contribution in [0.5, 0.6) is 0 Å². The first-order valence-corrected chi connectivity index (χ1v) is 3.34. The van der Waals surface area contributed by atoms with Gasteiger partial charge in [-0.2, -0.15) is 0 Å². The summed E-state index contributed by atoms with van der Waals surface area (Å²) >= 11 is 0. The van der Waals surface area contributed by atoms with Gasteiger partial charge in [0, 0.05) is 19.6 Å². The molecule has 0 amide bonds. The second kappa shape index (κ2) is 15.6. The van der Waals surface area contributed by atoms with Crippen LogP contribution in [-0.2, 0) is 9.53 Å². The standard InChI is InChI=1S/C4H10O.C3H6O/c1-3-5-4-2;1-2-3-4/h3-4H2,1-2H3;3H,2H2,1H3. The maximum atomic E-state index is 9.17. The maximum absolute atomic E-state index is 9.17. The fraction of sp³-hybridized carbons (Fsp3) is 0.857. The molecular formula is C7H16O2. The van der Waals surface area contributed by atoms with Gasteiger partial charge in [-0.1, -0.05) is 6.92 Å². The average molecular weight is 132 g/mol. The molecule has 2 nitrogen and oxygen atoms in total. The maximum Gasteiger partial charge on any atom is 0.119 e. The molecule has 0 aliphatic heterocycles. The molecule has 9 heavy (non-hydrogen) atoms. The van der Waals surface area contributed by atoms with Crippen LogP contribution in [0.4, 0.5) is 0 Å². The summed E-state index contributed by atoms with van der Waals surface area (Å²) in [6, 6.07) is 0. The summed E-state index contributed by atoms with van der Waals surface area (Å²) in [5.41, 5.74) is 0. The highest BCUT2D eigenvalue weighted by Crippen LogP contribution is 1.64. The Morgan fingerprint density at radius 1 is 1.22 bits per heavy atom. The number of aldehydes is 1. The predicted molar refractivity (Wildman–Crippen MR) is 38.5 cm³/mol. The van der Waals surface area contributed by atoms with Crippen molar-refractivity contribution < 1.29 is 9.53 Å². The molecule has 0 unspecified atom stereocenters. The van der Waals surface area contributed by atoms with E-state index in [0.717, 1.165) is 19.5 Å². The molecule has 0 heterocycles. The fourth-order valence-corrected chi connectivity index (χ4v) is 0.204. The molecule has 0 atom stereocenters. The smallest absolute Gasteiger partial charge is 0.119 e. The molecular weight excluding hydrogens is 116 g/mol. The summed E-state index contributed by atoms with van der Waals surface area (Å²) in [6.45, 7) is 7.48. The lowest BCUT2D eigenvalue weighted by Gasteiger charge is -1.86. The minimum absolute atomic E-state index is 0.639. The minimum atomic E-state index is 0.639. The topological polar surface area (TPSA) is 26.3 Å². The Balaban J connectivity index is 0. The summed E-state index contributed by atoms with van der Waals surface area (Å²) in [6.07, 6.45) is 1.51. The molecule has 0 aromatic carbocycles. The highest BCUT2D eigenvalue weighted by atomic mass is 16.5. The first kappa shape index (κ1) is 11.4. The van der Waals surface area contributed by atoms with Gasteiger partial charge in [-0.25, -0.2) is 0 Å². The first-order valence-electron chi connectivity index (χ1n) is 3.34. The second-order valence-electron chi connectivity index (χ2n) is 1.36. The van der Waals surface area contributed by atoms with Crippen LogP contribution in [0.1, 0.15) is 27.2 Å². The Bertz CT molecular complexity index is 42.2. The van der Waals surface area contributed by atoms with Crippen LogP contribution in [0.25, 0.3) is 0 Å². The molecule has 0 bridgehead atoms. The lowest BCUT2D eigenvalue weighted by molar-refractivity contribution is -0.107. The zero-order valence-corrected chi connectivity index (χ0v) is 6.52. The van der Waals surface area contributed by atoms with Gasteiger partial charge in [0.2, 0.25) is 0 Å². The number of rotatable bonds is 3. The molecule has 0 saturated carbocycles. The zero-order valence-electron chi connectivity index (χ0n) is 6.52. The third-order valence-corrected chi connectivity index (χ3v) is 0.575. The Labute approximate surface area is 57.2 Å². The van der Waals surface area contributed by atoms with Crippen molar-refractivity contribution >= 4 is 6.29 Å². The van der Waals surface area contributed by atoms with E-state index in [1.54, 1.807) is 0 Å². The molecule has 0 rings (SSSR count). The molecule has 0 aromatic rings. The highest BCUT2D eigenvalue weighted by Gasteiger charge is 1.64. The summed E-state index contributed by atoms with van der Waals surface area (Å²) in [7, 11) is 0. The van der Waals surface area contributed by atoms with Crippen molar-refractivity contribution in [2.75, 3.05) is 13.2 Å². The van der Waals surface area contributed by atoms with Crippen molar-refractivity contribution in [2.24, 2.45) is 0 Å². The zero-order chi connectivity index (χ0) is 7.54. The van der Waals surface area contributed by atoms with E-state index in [0.29, 0.717) is 6.42 Å². The molecule has 0 aliphatic rings. The monoisotopic (exact) mass is 132 g/mol.